The van der Waals surface area contributed by atoms with Crippen molar-refractivity contribution in [1.29, 1.82) is 0 Å². The average molecular weight is 311 g/mol. The van der Waals surface area contributed by atoms with Crippen molar-refractivity contribution >= 4 is 11.6 Å². The maximum atomic E-state index is 12.6. The summed E-state index contributed by atoms with van der Waals surface area (Å²) in [6.45, 7) is 1.70. The predicted octanol–water partition coefficient (Wildman–Crippen LogP) is 2.76. The minimum absolute atomic E-state index is 0.0568. The first kappa shape index (κ1) is 17.2. The molecule has 0 heterocycles. The highest BCUT2D eigenvalue weighted by atomic mass is 16.1. The quantitative estimate of drug-likeness (QED) is 0.826. The van der Waals surface area contributed by atoms with E-state index in [4.69, 9.17) is 0 Å². The van der Waals surface area contributed by atoms with Crippen molar-refractivity contribution in [3.63, 3.8) is 0 Å². The van der Waals surface area contributed by atoms with Crippen molar-refractivity contribution in [3.05, 3.63) is 65.2 Å². The Morgan fingerprint density at radius 2 is 1.87 bits per heavy atom. The molecule has 1 amide bonds. The van der Waals surface area contributed by atoms with Crippen molar-refractivity contribution in [1.82, 2.24) is 10.2 Å². The van der Waals surface area contributed by atoms with Crippen LogP contribution in [0.4, 0.5) is 5.69 Å². The topological polar surface area (TPSA) is 44.4 Å². The minimum atomic E-state index is -0.0568. The van der Waals surface area contributed by atoms with E-state index in [0.29, 0.717) is 0 Å². The fraction of sp³-hybridized carbons (Fsp3) is 0.316. The van der Waals surface area contributed by atoms with Gasteiger partial charge in [0, 0.05) is 17.8 Å². The number of likely N-dealkylation sites (N-methyl/N-ethyl adjacent to an activating group) is 1. The van der Waals surface area contributed by atoms with Crippen molar-refractivity contribution in [2.75, 3.05) is 33.0 Å². The third kappa shape index (κ3) is 5.20. The SMILES string of the molecule is CNCCc1ccccc1C(=O)Nc1cccc(CN(C)C)c1. The normalized spacial score (nSPS) is 10.8. The molecule has 0 aliphatic heterocycles. The summed E-state index contributed by atoms with van der Waals surface area (Å²) in [5, 5.41) is 6.13. The van der Waals surface area contributed by atoms with E-state index in [-0.39, 0.29) is 5.91 Å². The van der Waals surface area contributed by atoms with Crippen LogP contribution >= 0.6 is 0 Å². The van der Waals surface area contributed by atoms with Gasteiger partial charge in [0.05, 0.1) is 0 Å². The number of rotatable bonds is 7. The van der Waals surface area contributed by atoms with Crippen LogP contribution in [0.3, 0.4) is 0 Å². The fourth-order valence-electron chi connectivity index (χ4n) is 2.53. The molecule has 0 radical (unpaired) electrons. The number of carbonyl (C=O) groups excluding carboxylic acids is 1. The summed E-state index contributed by atoms with van der Waals surface area (Å²) in [4.78, 5) is 14.7. The summed E-state index contributed by atoms with van der Waals surface area (Å²) in [5.74, 6) is -0.0568. The number of benzene rings is 2. The van der Waals surface area contributed by atoms with Gasteiger partial charge in [-0.3, -0.25) is 4.79 Å². The molecule has 4 heteroatoms. The van der Waals surface area contributed by atoms with E-state index in [2.05, 4.69) is 21.6 Å². The van der Waals surface area contributed by atoms with Gasteiger partial charge in [0.1, 0.15) is 0 Å². The van der Waals surface area contributed by atoms with Gasteiger partial charge < -0.3 is 15.5 Å². The molecule has 122 valence electrons. The zero-order chi connectivity index (χ0) is 16.7. The van der Waals surface area contributed by atoms with Gasteiger partial charge >= 0.3 is 0 Å². The molecule has 0 spiro atoms. The van der Waals surface area contributed by atoms with Crippen LogP contribution < -0.4 is 10.6 Å². The second-order valence-corrected chi connectivity index (χ2v) is 5.90. The number of carbonyl (C=O) groups is 1. The lowest BCUT2D eigenvalue weighted by atomic mass is 10.0. The lowest BCUT2D eigenvalue weighted by Crippen LogP contribution is -2.17. The van der Waals surface area contributed by atoms with Gasteiger partial charge in [0.15, 0.2) is 0 Å². The first-order valence-electron chi connectivity index (χ1n) is 7.87. The number of hydrogen-bond acceptors (Lipinski definition) is 3. The molecule has 0 aromatic heterocycles. The van der Waals surface area contributed by atoms with Gasteiger partial charge in [-0.25, -0.2) is 0 Å². The Kier molecular flexibility index (Phi) is 6.32. The van der Waals surface area contributed by atoms with E-state index < -0.39 is 0 Å². The second kappa shape index (κ2) is 8.46. The van der Waals surface area contributed by atoms with E-state index in [0.717, 1.165) is 36.3 Å². The summed E-state index contributed by atoms with van der Waals surface area (Å²) < 4.78 is 0. The number of hydrogen-bond donors (Lipinski definition) is 2. The zero-order valence-electron chi connectivity index (χ0n) is 14.1. The molecule has 2 N–H and O–H groups in total. The van der Waals surface area contributed by atoms with Crippen LogP contribution in [0.15, 0.2) is 48.5 Å². The molecule has 0 aliphatic carbocycles. The number of nitrogens with zero attached hydrogens (tertiary/aromatic N) is 1. The van der Waals surface area contributed by atoms with Crippen LogP contribution in [-0.2, 0) is 13.0 Å². The first-order chi connectivity index (χ1) is 11.1. The van der Waals surface area contributed by atoms with Gasteiger partial charge in [-0.2, -0.15) is 0 Å². The molecule has 2 rings (SSSR count). The lowest BCUT2D eigenvalue weighted by Gasteiger charge is -2.13. The Bertz CT molecular complexity index is 653. The smallest absolute Gasteiger partial charge is 0.255 e. The van der Waals surface area contributed by atoms with Crippen LogP contribution in [0.2, 0.25) is 0 Å². The van der Waals surface area contributed by atoms with E-state index in [9.17, 15) is 4.79 Å². The maximum absolute atomic E-state index is 12.6. The molecule has 4 nitrogen and oxygen atoms in total. The Balaban J connectivity index is 2.13. The van der Waals surface area contributed by atoms with Gasteiger partial charge in [0.2, 0.25) is 0 Å². The van der Waals surface area contributed by atoms with Crippen LogP contribution in [0.1, 0.15) is 21.5 Å². The molecule has 23 heavy (non-hydrogen) atoms. The van der Waals surface area contributed by atoms with E-state index in [1.807, 2.05) is 63.6 Å². The average Bonchev–Trinajstić information content (AvgIpc) is 2.53. The monoisotopic (exact) mass is 311 g/mol. The van der Waals surface area contributed by atoms with Gasteiger partial charge in [-0.15, -0.1) is 0 Å². The third-order valence-corrected chi connectivity index (χ3v) is 3.59. The zero-order valence-corrected chi connectivity index (χ0v) is 14.1. The summed E-state index contributed by atoms with van der Waals surface area (Å²) in [6, 6.07) is 15.7. The maximum Gasteiger partial charge on any atom is 0.255 e. The van der Waals surface area contributed by atoms with Crippen molar-refractivity contribution in [2.45, 2.75) is 13.0 Å². The van der Waals surface area contributed by atoms with E-state index >= 15 is 0 Å². The van der Waals surface area contributed by atoms with Crippen LogP contribution in [0.5, 0.6) is 0 Å². The summed E-state index contributed by atoms with van der Waals surface area (Å²) in [5.41, 5.74) is 3.80. The Morgan fingerprint density at radius 3 is 2.61 bits per heavy atom. The second-order valence-electron chi connectivity index (χ2n) is 5.90. The standard InChI is InChI=1S/C19H25N3O/c1-20-12-11-16-8-4-5-10-18(16)19(23)21-17-9-6-7-15(13-17)14-22(2)3/h4-10,13,20H,11-12,14H2,1-3H3,(H,21,23). The summed E-state index contributed by atoms with van der Waals surface area (Å²) in [7, 11) is 5.98. The molecule has 0 saturated heterocycles. The van der Waals surface area contributed by atoms with Crippen LogP contribution in [-0.4, -0.2) is 38.5 Å². The lowest BCUT2D eigenvalue weighted by molar-refractivity contribution is 0.102. The molecule has 0 saturated carbocycles. The van der Waals surface area contributed by atoms with E-state index in [1.54, 1.807) is 0 Å². The highest BCUT2D eigenvalue weighted by molar-refractivity contribution is 6.05. The number of nitrogens with one attached hydrogen (secondary N) is 2. The first-order valence-corrected chi connectivity index (χ1v) is 7.87. The van der Waals surface area contributed by atoms with E-state index in [1.165, 1.54) is 5.56 Å². The predicted molar refractivity (Wildman–Crippen MR) is 95.9 cm³/mol. The molecule has 2 aromatic carbocycles. The van der Waals surface area contributed by atoms with Crippen LogP contribution in [0.25, 0.3) is 0 Å². The molecule has 2 aromatic rings. The molecular weight excluding hydrogens is 286 g/mol. The summed E-state index contributed by atoms with van der Waals surface area (Å²) in [6.07, 6.45) is 0.834. The number of anilines is 1. The third-order valence-electron chi connectivity index (χ3n) is 3.59. The summed E-state index contributed by atoms with van der Waals surface area (Å²) >= 11 is 0. The Morgan fingerprint density at radius 1 is 1.09 bits per heavy atom. The Labute approximate surface area is 138 Å². The Hall–Kier alpha value is -2.17. The van der Waals surface area contributed by atoms with Gasteiger partial charge in [0.25, 0.3) is 5.91 Å². The highest BCUT2D eigenvalue weighted by Crippen LogP contribution is 2.15. The molecule has 0 aliphatic rings. The van der Waals surface area contributed by atoms with Crippen molar-refractivity contribution in [3.8, 4) is 0 Å². The largest absolute Gasteiger partial charge is 0.322 e. The highest BCUT2D eigenvalue weighted by Gasteiger charge is 2.11. The minimum Gasteiger partial charge on any atom is -0.322 e. The molecular formula is C19H25N3O. The molecule has 0 atom stereocenters. The molecule has 0 bridgehead atoms. The molecule has 0 unspecified atom stereocenters. The van der Waals surface area contributed by atoms with Crippen molar-refractivity contribution in [2.24, 2.45) is 0 Å². The van der Waals surface area contributed by atoms with Crippen LogP contribution in [0, 0.1) is 0 Å². The van der Waals surface area contributed by atoms with Gasteiger partial charge in [-0.1, -0.05) is 30.3 Å². The van der Waals surface area contributed by atoms with Gasteiger partial charge in [-0.05, 0) is 63.4 Å². The molecule has 0 fully saturated rings. The van der Waals surface area contributed by atoms with Crippen molar-refractivity contribution < 1.29 is 4.79 Å². The number of amides is 1. The fourth-order valence-corrected chi connectivity index (χ4v) is 2.53.